The minimum absolute atomic E-state index is 0.186. The molecule has 1 atom stereocenters. The van der Waals surface area contributed by atoms with Gasteiger partial charge in [-0.15, -0.1) is 11.3 Å². The number of hydrogen-bond donors (Lipinski definition) is 1. The third-order valence-electron chi connectivity index (χ3n) is 3.41. The zero-order valence-electron chi connectivity index (χ0n) is 12.5. The van der Waals surface area contributed by atoms with Crippen molar-refractivity contribution in [1.29, 1.82) is 0 Å². The fourth-order valence-electron chi connectivity index (χ4n) is 2.19. The Morgan fingerprint density at radius 1 is 1.48 bits per heavy atom. The predicted octanol–water partition coefficient (Wildman–Crippen LogP) is 1.96. The number of thioether (sulfide) groups is 1. The minimum atomic E-state index is -3.07. The van der Waals surface area contributed by atoms with Crippen LogP contribution in [0.4, 0.5) is 5.13 Å². The van der Waals surface area contributed by atoms with Crippen LogP contribution in [0.15, 0.2) is 6.20 Å². The number of anilines is 1. The third-order valence-corrected chi connectivity index (χ3v) is 7.74. The van der Waals surface area contributed by atoms with Crippen molar-refractivity contribution in [2.45, 2.75) is 32.2 Å². The average molecular weight is 350 g/mol. The molecule has 120 valence electrons. The molecule has 2 rings (SSSR count). The van der Waals surface area contributed by atoms with Gasteiger partial charge >= 0.3 is 0 Å². The fraction of sp³-hybridized carbons (Fsp3) is 0.769. The van der Waals surface area contributed by atoms with E-state index in [4.69, 9.17) is 0 Å². The van der Waals surface area contributed by atoms with Crippen LogP contribution in [0, 0.1) is 0 Å². The molecule has 0 radical (unpaired) electrons. The van der Waals surface area contributed by atoms with Crippen LogP contribution in [0.3, 0.4) is 0 Å². The van der Waals surface area contributed by atoms with Crippen LogP contribution >= 0.6 is 23.1 Å². The minimum Gasteiger partial charge on any atom is -0.329 e. The summed E-state index contributed by atoms with van der Waals surface area (Å²) in [5.41, 5.74) is 0. The topological polar surface area (TPSA) is 62.3 Å². The molecule has 1 aromatic heterocycles. The molecule has 21 heavy (non-hydrogen) atoms. The van der Waals surface area contributed by atoms with Crippen molar-refractivity contribution >= 4 is 38.1 Å². The highest BCUT2D eigenvalue weighted by atomic mass is 32.2. The molecule has 1 aromatic rings. The molecule has 0 aromatic carbocycles. The average Bonchev–Trinajstić information content (AvgIpc) is 2.96. The van der Waals surface area contributed by atoms with Crippen LogP contribution in [-0.2, 0) is 16.4 Å². The maximum atomic E-state index is 12.3. The summed E-state index contributed by atoms with van der Waals surface area (Å²) in [6.07, 6.45) is 2.96. The molecule has 5 nitrogen and oxygen atoms in total. The molecule has 1 N–H and O–H groups in total. The molecule has 8 heteroatoms. The lowest BCUT2D eigenvalue weighted by atomic mass is 10.4. The zero-order chi connectivity index (χ0) is 15.3. The molecule has 1 fully saturated rings. The Balaban J connectivity index is 2.11. The van der Waals surface area contributed by atoms with Crippen molar-refractivity contribution in [3.63, 3.8) is 0 Å². The van der Waals surface area contributed by atoms with E-state index in [2.05, 4.69) is 17.2 Å². The number of nitrogens with one attached hydrogen (secondary N) is 1. The van der Waals surface area contributed by atoms with E-state index in [1.54, 1.807) is 30.0 Å². The summed E-state index contributed by atoms with van der Waals surface area (Å²) in [4.78, 5) is 7.58. The molecule has 0 saturated carbocycles. The molecule has 0 spiro atoms. The first-order valence-electron chi connectivity index (χ1n) is 7.29. The molecular weight excluding hydrogens is 326 g/mol. The lowest BCUT2D eigenvalue weighted by Crippen LogP contribution is -2.47. The van der Waals surface area contributed by atoms with E-state index in [1.807, 2.05) is 11.1 Å². The number of nitrogens with zero attached hydrogens (tertiary/aromatic N) is 2. The maximum Gasteiger partial charge on any atom is 0.186 e. The predicted molar refractivity (Wildman–Crippen MR) is 92.0 cm³/mol. The quantitative estimate of drug-likeness (QED) is 0.759. The third kappa shape index (κ3) is 4.34. The molecule has 0 aliphatic carbocycles. The van der Waals surface area contributed by atoms with E-state index in [1.165, 1.54) is 0 Å². The van der Waals surface area contributed by atoms with Gasteiger partial charge in [0.05, 0.1) is 0 Å². The fourth-order valence-corrected chi connectivity index (χ4v) is 6.18. The summed E-state index contributed by atoms with van der Waals surface area (Å²) in [5.74, 6) is 1.78. The number of hydrogen-bond acceptors (Lipinski definition) is 7. The van der Waals surface area contributed by atoms with Gasteiger partial charge in [0.15, 0.2) is 15.0 Å². The van der Waals surface area contributed by atoms with Crippen molar-refractivity contribution in [2.24, 2.45) is 0 Å². The molecule has 0 bridgehead atoms. The lowest BCUT2D eigenvalue weighted by Gasteiger charge is -2.34. The Morgan fingerprint density at radius 3 is 3.00 bits per heavy atom. The summed E-state index contributed by atoms with van der Waals surface area (Å²) in [6.45, 7) is 6.40. The van der Waals surface area contributed by atoms with Crippen LogP contribution in [0.1, 0.15) is 25.1 Å². The molecule has 1 aliphatic heterocycles. The van der Waals surface area contributed by atoms with Crippen LogP contribution in [0.2, 0.25) is 0 Å². The van der Waals surface area contributed by atoms with Crippen molar-refractivity contribution < 1.29 is 8.42 Å². The smallest absolute Gasteiger partial charge is 0.186 e. The largest absolute Gasteiger partial charge is 0.329 e. The molecule has 1 saturated heterocycles. The summed E-state index contributed by atoms with van der Waals surface area (Å²) in [5, 5.41) is 3.76. The zero-order valence-corrected chi connectivity index (χ0v) is 15.0. The van der Waals surface area contributed by atoms with Gasteiger partial charge in [-0.3, -0.25) is 0 Å². The summed E-state index contributed by atoms with van der Waals surface area (Å²) < 4.78 is 24.5. The van der Waals surface area contributed by atoms with Crippen LogP contribution < -0.4 is 10.2 Å². The Hall–Kier alpha value is -0.310. The van der Waals surface area contributed by atoms with Crippen LogP contribution in [0.25, 0.3) is 0 Å². The van der Waals surface area contributed by atoms with Crippen molar-refractivity contribution in [1.82, 2.24) is 10.3 Å². The number of sulfone groups is 1. The van der Waals surface area contributed by atoms with Gasteiger partial charge in [-0.1, -0.05) is 13.8 Å². The molecule has 2 heterocycles. The van der Waals surface area contributed by atoms with Crippen LogP contribution in [0.5, 0.6) is 0 Å². The number of thiazole rings is 1. The second kappa shape index (κ2) is 7.80. The first-order chi connectivity index (χ1) is 10.1. The normalized spacial score (nSPS) is 19.9. The van der Waals surface area contributed by atoms with Gasteiger partial charge in [0.1, 0.15) is 5.37 Å². The van der Waals surface area contributed by atoms with E-state index < -0.39 is 15.2 Å². The van der Waals surface area contributed by atoms with E-state index >= 15 is 0 Å². The van der Waals surface area contributed by atoms with Crippen molar-refractivity contribution in [2.75, 3.05) is 35.2 Å². The van der Waals surface area contributed by atoms with E-state index in [-0.39, 0.29) is 5.75 Å². The Bertz CT molecular complexity index is 545. The summed E-state index contributed by atoms with van der Waals surface area (Å²) >= 11 is 3.31. The molecular formula is C13H23N3O2S3. The highest BCUT2D eigenvalue weighted by molar-refractivity contribution is 8.01. The van der Waals surface area contributed by atoms with Gasteiger partial charge in [0.25, 0.3) is 0 Å². The van der Waals surface area contributed by atoms with E-state index in [0.29, 0.717) is 5.75 Å². The number of rotatable bonds is 7. The van der Waals surface area contributed by atoms with Crippen molar-refractivity contribution in [3.8, 4) is 0 Å². The Morgan fingerprint density at radius 2 is 2.29 bits per heavy atom. The van der Waals surface area contributed by atoms with Crippen molar-refractivity contribution in [3.05, 3.63) is 11.1 Å². The summed E-state index contributed by atoms with van der Waals surface area (Å²) in [6, 6.07) is 0. The van der Waals surface area contributed by atoms with Gasteiger partial charge in [0.2, 0.25) is 0 Å². The molecule has 0 amide bonds. The van der Waals surface area contributed by atoms with E-state index in [9.17, 15) is 8.42 Å². The van der Waals surface area contributed by atoms with Gasteiger partial charge in [-0.25, -0.2) is 13.4 Å². The first-order valence-corrected chi connectivity index (χ1v) is 11.0. The SMILES string of the molecule is CCCNCc1cnc(N2CCSCC2S(=O)(=O)CC)s1. The van der Waals surface area contributed by atoms with Gasteiger partial charge in [-0.05, 0) is 13.0 Å². The molecule has 1 unspecified atom stereocenters. The number of aromatic nitrogens is 1. The second-order valence-corrected chi connectivity index (χ2v) is 9.65. The Labute approximate surface area is 135 Å². The maximum absolute atomic E-state index is 12.3. The van der Waals surface area contributed by atoms with Gasteiger partial charge < -0.3 is 10.2 Å². The second-order valence-electron chi connectivity index (χ2n) is 4.96. The lowest BCUT2D eigenvalue weighted by molar-refractivity contribution is 0.579. The van der Waals surface area contributed by atoms with Gasteiger partial charge in [0, 0.05) is 41.4 Å². The highest BCUT2D eigenvalue weighted by Crippen LogP contribution is 2.30. The van der Waals surface area contributed by atoms with E-state index in [0.717, 1.165) is 41.8 Å². The summed E-state index contributed by atoms with van der Waals surface area (Å²) in [7, 11) is -3.07. The Kier molecular flexibility index (Phi) is 6.34. The van der Waals surface area contributed by atoms with Gasteiger partial charge in [-0.2, -0.15) is 11.8 Å². The molecule has 1 aliphatic rings. The first kappa shape index (κ1) is 17.1. The highest BCUT2D eigenvalue weighted by Gasteiger charge is 2.34. The van der Waals surface area contributed by atoms with Crippen LogP contribution in [-0.4, -0.2) is 49.1 Å². The standard InChI is InChI=1S/C13H23N3O2S3/c1-3-5-14-8-11-9-15-13(20-11)16-6-7-19-10-12(16)21(17,18)4-2/h9,12,14H,3-8,10H2,1-2H3. The monoisotopic (exact) mass is 349 g/mol.